The van der Waals surface area contributed by atoms with Crippen molar-refractivity contribution in [3.05, 3.63) is 30.1 Å². The van der Waals surface area contributed by atoms with Crippen molar-refractivity contribution < 1.29 is 22.4 Å². The van der Waals surface area contributed by atoms with Crippen LogP contribution in [0.2, 0.25) is 0 Å². The summed E-state index contributed by atoms with van der Waals surface area (Å²) in [5, 5.41) is 8.54. The van der Waals surface area contributed by atoms with Crippen molar-refractivity contribution >= 4 is 17.6 Å². The summed E-state index contributed by atoms with van der Waals surface area (Å²) in [6.45, 7) is 1.83. The van der Waals surface area contributed by atoms with E-state index >= 15 is 0 Å². The number of likely N-dealkylation sites (tertiary alicyclic amines) is 1. The molecule has 150 valence electrons. The summed E-state index contributed by atoms with van der Waals surface area (Å²) in [5.74, 6) is -0.537. The molecule has 0 saturated carbocycles. The van der Waals surface area contributed by atoms with Gasteiger partial charge in [0.2, 0.25) is 5.91 Å². The fourth-order valence-corrected chi connectivity index (χ4v) is 2.78. The van der Waals surface area contributed by atoms with Gasteiger partial charge in [0.25, 0.3) is 0 Å². The molecule has 1 unspecified atom stereocenters. The Labute approximate surface area is 155 Å². The van der Waals surface area contributed by atoms with Gasteiger partial charge in [0, 0.05) is 31.4 Å². The van der Waals surface area contributed by atoms with E-state index in [0.717, 1.165) is 0 Å². The standard InChI is InChI=1S/C17H23F4N5O/c1-2-22-16(25-14-6-7-26(10-14)11-17(19,20)21)23-9-15(27)24-13-5-3-4-12(18)8-13/h3-5,8,14H,2,6-7,9-11H2,1H3,(H,24,27)(H2,22,23,25). The van der Waals surface area contributed by atoms with E-state index in [4.69, 9.17) is 0 Å². The van der Waals surface area contributed by atoms with Crippen LogP contribution in [0.1, 0.15) is 13.3 Å². The Hall–Kier alpha value is -2.36. The minimum absolute atomic E-state index is 0.184. The van der Waals surface area contributed by atoms with Crippen molar-refractivity contribution in [3.63, 3.8) is 0 Å². The van der Waals surface area contributed by atoms with Gasteiger partial charge in [-0.1, -0.05) is 6.07 Å². The van der Waals surface area contributed by atoms with Gasteiger partial charge < -0.3 is 16.0 Å². The molecule has 1 saturated heterocycles. The lowest BCUT2D eigenvalue weighted by molar-refractivity contribution is -0.143. The molecule has 1 amide bonds. The number of carbonyl (C=O) groups is 1. The number of anilines is 1. The number of hydrogen-bond acceptors (Lipinski definition) is 3. The van der Waals surface area contributed by atoms with E-state index in [9.17, 15) is 22.4 Å². The van der Waals surface area contributed by atoms with Crippen LogP contribution in [0, 0.1) is 5.82 Å². The minimum atomic E-state index is -4.22. The summed E-state index contributed by atoms with van der Waals surface area (Å²) in [5.41, 5.74) is 0.326. The van der Waals surface area contributed by atoms with Gasteiger partial charge in [-0.05, 0) is 31.5 Å². The average molecular weight is 389 g/mol. The third kappa shape index (κ3) is 7.81. The lowest BCUT2D eigenvalue weighted by atomic mass is 10.3. The maximum atomic E-state index is 13.1. The van der Waals surface area contributed by atoms with Crippen LogP contribution in [-0.2, 0) is 4.79 Å². The SMILES string of the molecule is CCNC(=NCC(=O)Nc1cccc(F)c1)NC1CCN(CC(F)(F)F)C1. The van der Waals surface area contributed by atoms with Crippen molar-refractivity contribution in [1.82, 2.24) is 15.5 Å². The predicted molar refractivity (Wildman–Crippen MR) is 95.0 cm³/mol. The molecular weight excluding hydrogens is 366 g/mol. The number of carbonyl (C=O) groups excluding carboxylic acids is 1. The molecule has 0 radical (unpaired) electrons. The molecule has 1 aromatic carbocycles. The molecule has 0 spiro atoms. The molecule has 1 fully saturated rings. The first-order chi connectivity index (χ1) is 12.7. The van der Waals surface area contributed by atoms with Crippen LogP contribution in [0.25, 0.3) is 0 Å². The first-order valence-electron chi connectivity index (χ1n) is 8.64. The second kappa shape index (κ2) is 9.54. The molecule has 1 aliphatic rings. The molecule has 1 heterocycles. The third-order valence-electron chi connectivity index (χ3n) is 3.85. The van der Waals surface area contributed by atoms with Gasteiger partial charge in [-0.3, -0.25) is 9.69 Å². The molecule has 10 heteroatoms. The predicted octanol–water partition coefficient (Wildman–Crippen LogP) is 1.96. The maximum absolute atomic E-state index is 13.1. The van der Waals surface area contributed by atoms with Gasteiger partial charge in [0.15, 0.2) is 5.96 Å². The lowest BCUT2D eigenvalue weighted by Crippen LogP contribution is -2.45. The molecule has 27 heavy (non-hydrogen) atoms. The number of nitrogens with one attached hydrogen (secondary N) is 3. The van der Waals surface area contributed by atoms with Crippen molar-refractivity contribution in [2.24, 2.45) is 4.99 Å². The molecule has 3 N–H and O–H groups in total. The van der Waals surface area contributed by atoms with Crippen LogP contribution in [0.5, 0.6) is 0 Å². The van der Waals surface area contributed by atoms with E-state index in [-0.39, 0.29) is 19.1 Å². The third-order valence-corrected chi connectivity index (χ3v) is 3.85. The maximum Gasteiger partial charge on any atom is 0.401 e. The first kappa shape index (κ1) is 20.9. The van der Waals surface area contributed by atoms with E-state index in [2.05, 4.69) is 20.9 Å². The van der Waals surface area contributed by atoms with E-state index < -0.39 is 24.4 Å². The number of halogens is 4. The van der Waals surface area contributed by atoms with Gasteiger partial charge in [-0.25, -0.2) is 9.38 Å². The molecule has 0 aliphatic carbocycles. The van der Waals surface area contributed by atoms with Crippen molar-refractivity contribution in [1.29, 1.82) is 0 Å². The van der Waals surface area contributed by atoms with Crippen molar-refractivity contribution in [3.8, 4) is 0 Å². The van der Waals surface area contributed by atoms with Crippen LogP contribution in [-0.4, -0.2) is 61.7 Å². The van der Waals surface area contributed by atoms with Crippen LogP contribution in [0.3, 0.4) is 0 Å². The normalized spacial score (nSPS) is 18.4. The number of rotatable bonds is 6. The number of guanidine groups is 1. The molecule has 0 aromatic heterocycles. The molecule has 1 aromatic rings. The van der Waals surface area contributed by atoms with Crippen LogP contribution < -0.4 is 16.0 Å². The Morgan fingerprint density at radius 3 is 2.81 bits per heavy atom. The van der Waals surface area contributed by atoms with E-state index in [1.165, 1.54) is 23.1 Å². The first-order valence-corrected chi connectivity index (χ1v) is 8.64. The second-order valence-electron chi connectivity index (χ2n) is 6.23. The van der Waals surface area contributed by atoms with Gasteiger partial charge >= 0.3 is 6.18 Å². The Morgan fingerprint density at radius 2 is 2.15 bits per heavy atom. The van der Waals surface area contributed by atoms with Gasteiger partial charge in [0.05, 0.1) is 6.54 Å². The quantitative estimate of drug-likeness (QED) is 0.395. The molecular formula is C17H23F4N5O. The summed E-state index contributed by atoms with van der Waals surface area (Å²) >= 11 is 0. The molecule has 6 nitrogen and oxygen atoms in total. The highest BCUT2D eigenvalue weighted by Gasteiger charge is 2.34. The Bertz CT molecular complexity index is 665. The highest BCUT2D eigenvalue weighted by atomic mass is 19.4. The lowest BCUT2D eigenvalue weighted by Gasteiger charge is -2.19. The summed E-state index contributed by atoms with van der Waals surface area (Å²) in [4.78, 5) is 17.4. The largest absolute Gasteiger partial charge is 0.401 e. The van der Waals surface area contributed by atoms with Crippen molar-refractivity contribution in [2.45, 2.75) is 25.6 Å². The zero-order valence-corrected chi connectivity index (χ0v) is 14.9. The van der Waals surface area contributed by atoms with Crippen LogP contribution in [0.4, 0.5) is 23.2 Å². The van der Waals surface area contributed by atoms with E-state index in [1.807, 2.05) is 6.92 Å². The zero-order valence-electron chi connectivity index (χ0n) is 14.9. The fourth-order valence-electron chi connectivity index (χ4n) is 2.78. The van der Waals surface area contributed by atoms with E-state index in [1.54, 1.807) is 6.07 Å². The van der Waals surface area contributed by atoms with Gasteiger partial charge in [-0.15, -0.1) is 0 Å². The summed E-state index contributed by atoms with van der Waals surface area (Å²) in [6.07, 6.45) is -3.67. The Kier molecular flexibility index (Phi) is 7.40. The zero-order chi connectivity index (χ0) is 19.9. The fraction of sp³-hybridized carbons (Fsp3) is 0.529. The second-order valence-corrected chi connectivity index (χ2v) is 6.23. The molecule has 1 aliphatic heterocycles. The minimum Gasteiger partial charge on any atom is -0.357 e. The number of alkyl halides is 3. The van der Waals surface area contributed by atoms with Crippen molar-refractivity contribution in [2.75, 3.05) is 38.0 Å². The molecule has 0 bridgehead atoms. The Balaban J connectivity index is 1.86. The number of hydrogen-bond donors (Lipinski definition) is 3. The van der Waals surface area contributed by atoms with Crippen LogP contribution in [0.15, 0.2) is 29.3 Å². The highest BCUT2D eigenvalue weighted by molar-refractivity contribution is 5.94. The summed E-state index contributed by atoms with van der Waals surface area (Å²) in [7, 11) is 0. The summed E-state index contributed by atoms with van der Waals surface area (Å²) < 4.78 is 50.5. The Morgan fingerprint density at radius 1 is 1.37 bits per heavy atom. The summed E-state index contributed by atoms with van der Waals surface area (Å²) in [6, 6.07) is 5.31. The molecule has 2 rings (SSSR count). The average Bonchev–Trinajstić information content (AvgIpc) is 2.98. The smallest absolute Gasteiger partial charge is 0.357 e. The highest BCUT2D eigenvalue weighted by Crippen LogP contribution is 2.19. The number of aliphatic imine (C=N–C) groups is 1. The number of amides is 1. The number of nitrogens with zero attached hydrogens (tertiary/aromatic N) is 2. The van der Waals surface area contributed by atoms with Gasteiger partial charge in [0.1, 0.15) is 12.4 Å². The monoisotopic (exact) mass is 389 g/mol. The van der Waals surface area contributed by atoms with E-state index in [0.29, 0.717) is 31.2 Å². The van der Waals surface area contributed by atoms with Crippen LogP contribution >= 0.6 is 0 Å². The topological polar surface area (TPSA) is 68.8 Å². The number of benzene rings is 1. The van der Waals surface area contributed by atoms with Gasteiger partial charge in [-0.2, -0.15) is 13.2 Å². The molecule has 1 atom stereocenters.